The summed E-state index contributed by atoms with van der Waals surface area (Å²) in [7, 11) is 0. The maximum Gasteiger partial charge on any atom is 0.313 e. The van der Waals surface area contributed by atoms with Gasteiger partial charge in [-0.25, -0.2) is 0 Å². The molecule has 0 saturated carbocycles. The van der Waals surface area contributed by atoms with Crippen molar-refractivity contribution in [3.63, 3.8) is 0 Å². The average molecular weight is 217 g/mol. The Hall–Kier alpha value is -1.88. The molecule has 16 heavy (non-hydrogen) atoms. The number of nitrogen functional groups attached to an aromatic ring is 1. The number of rotatable bonds is 1. The number of anilines is 1. The molecule has 0 fully saturated rings. The van der Waals surface area contributed by atoms with Crippen LogP contribution in [0.4, 0.5) is 6.01 Å². The second-order valence-electron chi connectivity index (χ2n) is 3.73. The van der Waals surface area contributed by atoms with Crippen LogP contribution in [0.5, 0.6) is 0 Å². The number of nitrogens with two attached hydrogens (primary N) is 1. The van der Waals surface area contributed by atoms with Gasteiger partial charge in [-0.05, 0) is 29.7 Å². The minimum atomic E-state index is 0.0936. The average Bonchev–Trinajstić information content (AvgIpc) is 2.75. The van der Waals surface area contributed by atoms with E-state index in [9.17, 15) is 0 Å². The van der Waals surface area contributed by atoms with Crippen molar-refractivity contribution in [1.29, 1.82) is 0 Å². The highest BCUT2D eigenvalue weighted by Crippen LogP contribution is 2.24. The third kappa shape index (κ3) is 1.55. The Labute approximate surface area is 92.2 Å². The molecule has 2 N–H and O–H groups in total. The summed E-state index contributed by atoms with van der Waals surface area (Å²) >= 11 is 0. The second-order valence-corrected chi connectivity index (χ2v) is 3.73. The number of benzene rings is 1. The maximum atomic E-state index is 5.39. The molecule has 0 aliphatic carbocycles. The molecule has 82 valence electrons. The summed E-state index contributed by atoms with van der Waals surface area (Å²) in [4.78, 5) is 0. The molecule has 5 nitrogen and oxygen atoms in total. The van der Waals surface area contributed by atoms with Crippen LogP contribution in [0.15, 0.2) is 22.6 Å². The monoisotopic (exact) mass is 217 g/mol. The Kier molecular flexibility index (Phi) is 2.11. The highest BCUT2D eigenvalue weighted by atomic mass is 16.5. The summed E-state index contributed by atoms with van der Waals surface area (Å²) < 4.78 is 10.6. The molecule has 2 heterocycles. The van der Waals surface area contributed by atoms with E-state index in [1.807, 2.05) is 12.1 Å². The summed E-state index contributed by atoms with van der Waals surface area (Å²) in [5.74, 6) is 0.465. The van der Waals surface area contributed by atoms with Crippen molar-refractivity contribution in [1.82, 2.24) is 10.2 Å². The van der Waals surface area contributed by atoms with E-state index in [0.717, 1.165) is 18.6 Å². The highest BCUT2D eigenvalue weighted by Gasteiger charge is 2.12. The lowest BCUT2D eigenvalue weighted by molar-refractivity contribution is 0.111. The van der Waals surface area contributed by atoms with Crippen molar-refractivity contribution < 1.29 is 9.15 Å². The van der Waals surface area contributed by atoms with Crippen LogP contribution < -0.4 is 5.73 Å². The predicted octanol–water partition coefficient (Wildman–Crippen LogP) is 1.39. The third-order valence-electron chi connectivity index (χ3n) is 2.67. The van der Waals surface area contributed by atoms with Gasteiger partial charge in [0, 0.05) is 5.56 Å². The first-order chi connectivity index (χ1) is 7.83. The molecule has 2 aromatic rings. The lowest BCUT2D eigenvalue weighted by Gasteiger charge is -2.16. The van der Waals surface area contributed by atoms with Crippen LogP contribution in [-0.4, -0.2) is 16.8 Å². The van der Waals surface area contributed by atoms with Crippen LogP contribution in [0.3, 0.4) is 0 Å². The summed E-state index contributed by atoms with van der Waals surface area (Å²) in [6.07, 6.45) is 0.923. The van der Waals surface area contributed by atoms with E-state index in [1.165, 1.54) is 11.1 Å². The first-order valence-corrected chi connectivity index (χ1v) is 5.12. The molecule has 0 atom stereocenters. The molecule has 1 aliphatic heterocycles. The normalized spacial score (nSPS) is 14.8. The molecule has 0 radical (unpaired) electrons. The third-order valence-corrected chi connectivity index (χ3v) is 2.67. The van der Waals surface area contributed by atoms with Gasteiger partial charge in [0.15, 0.2) is 0 Å². The molecular formula is C11H11N3O2. The fourth-order valence-electron chi connectivity index (χ4n) is 1.85. The van der Waals surface area contributed by atoms with Crippen molar-refractivity contribution in [2.45, 2.75) is 13.0 Å². The molecule has 1 aromatic heterocycles. The molecule has 3 rings (SSSR count). The van der Waals surface area contributed by atoms with Crippen LogP contribution in [-0.2, 0) is 17.8 Å². The number of fused-ring (bicyclic) bond motifs is 1. The van der Waals surface area contributed by atoms with E-state index in [1.54, 1.807) is 0 Å². The Balaban J connectivity index is 2.02. The summed E-state index contributed by atoms with van der Waals surface area (Å²) in [6.45, 7) is 1.45. The number of aromatic nitrogens is 2. The van der Waals surface area contributed by atoms with Gasteiger partial charge in [0.2, 0.25) is 5.89 Å². The molecular weight excluding hydrogens is 206 g/mol. The molecule has 1 aliphatic rings. The van der Waals surface area contributed by atoms with Crippen LogP contribution in [0.25, 0.3) is 11.5 Å². The number of nitrogens with zero attached hydrogens (tertiary/aromatic N) is 2. The van der Waals surface area contributed by atoms with Gasteiger partial charge in [0.1, 0.15) is 0 Å². The van der Waals surface area contributed by atoms with Gasteiger partial charge in [0.05, 0.1) is 13.2 Å². The Morgan fingerprint density at radius 2 is 2.12 bits per heavy atom. The summed E-state index contributed by atoms with van der Waals surface area (Å²) in [5.41, 5.74) is 8.80. The van der Waals surface area contributed by atoms with Crippen LogP contribution >= 0.6 is 0 Å². The van der Waals surface area contributed by atoms with Gasteiger partial charge >= 0.3 is 6.01 Å². The lowest BCUT2D eigenvalue weighted by atomic mass is 10.0. The fraction of sp³-hybridized carbons (Fsp3) is 0.273. The smallest absolute Gasteiger partial charge is 0.313 e. The van der Waals surface area contributed by atoms with E-state index < -0.39 is 0 Å². The summed E-state index contributed by atoms with van der Waals surface area (Å²) in [6, 6.07) is 6.13. The SMILES string of the molecule is Nc1nnc(-c2ccc3c(c2)CCOC3)o1. The Morgan fingerprint density at radius 3 is 2.94 bits per heavy atom. The van der Waals surface area contributed by atoms with Crippen molar-refractivity contribution in [2.75, 3.05) is 12.3 Å². The van der Waals surface area contributed by atoms with E-state index >= 15 is 0 Å². The number of hydrogen-bond donors (Lipinski definition) is 1. The van der Waals surface area contributed by atoms with E-state index in [-0.39, 0.29) is 6.01 Å². The molecule has 0 spiro atoms. The molecule has 1 aromatic carbocycles. The quantitative estimate of drug-likeness (QED) is 0.781. The second kappa shape index (κ2) is 3.61. The molecule has 0 unspecified atom stereocenters. The fourth-order valence-corrected chi connectivity index (χ4v) is 1.85. The van der Waals surface area contributed by atoms with Crippen LogP contribution in [0, 0.1) is 0 Å². The van der Waals surface area contributed by atoms with Gasteiger partial charge in [0.25, 0.3) is 0 Å². The topological polar surface area (TPSA) is 74.2 Å². The summed E-state index contributed by atoms with van der Waals surface area (Å²) in [5, 5.41) is 7.50. The van der Waals surface area contributed by atoms with Crippen molar-refractivity contribution >= 4 is 6.01 Å². The first-order valence-electron chi connectivity index (χ1n) is 5.12. The lowest BCUT2D eigenvalue weighted by Crippen LogP contribution is -2.09. The van der Waals surface area contributed by atoms with E-state index in [4.69, 9.17) is 14.9 Å². The van der Waals surface area contributed by atoms with Gasteiger partial charge in [-0.15, -0.1) is 5.10 Å². The van der Waals surface area contributed by atoms with E-state index in [2.05, 4.69) is 16.3 Å². The zero-order valence-corrected chi connectivity index (χ0v) is 8.64. The minimum absolute atomic E-state index is 0.0936. The molecule has 0 amide bonds. The van der Waals surface area contributed by atoms with Crippen molar-refractivity contribution in [2.24, 2.45) is 0 Å². The van der Waals surface area contributed by atoms with Crippen LogP contribution in [0.1, 0.15) is 11.1 Å². The number of ether oxygens (including phenoxy) is 1. The molecule has 0 bridgehead atoms. The van der Waals surface area contributed by atoms with Gasteiger partial charge in [-0.3, -0.25) is 0 Å². The molecule has 5 heteroatoms. The maximum absolute atomic E-state index is 5.39. The van der Waals surface area contributed by atoms with Crippen LogP contribution in [0.2, 0.25) is 0 Å². The predicted molar refractivity (Wildman–Crippen MR) is 57.5 cm³/mol. The largest absolute Gasteiger partial charge is 0.404 e. The van der Waals surface area contributed by atoms with Crippen molar-refractivity contribution in [3.05, 3.63) is 29.3 Å². The van der Waals surface area contributed by atoms with E-state index in [0.29, 0.717) is 12.5 Å². The minimum Gasteiger partial charge on any atom is -0.404 e. The zero-order valence-electron chi connectivity index (χ0n) is 8.64. The van der Waals surface area contributed by atoms with Gasteiger partial charge in [-0.1, -0.05) is 11.2 Å². The molecule has 0 saturated heterocycles. The van der Waals surface area contributed by atoms with Gasteiger partial charge < -0.3 is 14.9 Å². The zero-order chi connectivity index (χ0) is 11.0. The Morgan fingerprint density at radius 1 is 1.19 bits per heavy atom. The van der Waals surface area contributed by atoms with Gasteiger partial charge in [-0.2, -0.15) is 0 Å². The highest BCUT2D eigenvalue weighted by molar-refractivity contribution is 5.56. The van der Waals surface area contributed by atoms with Crippen molar-refractivity contribution in [3.8, 4) is 11.5 Å². The first kappa shape index (κ1) is 9.35. The Bertz CT molecular complexity index is 522. The standard InChI is InChI=1S/C11H11N3O2/c12-11-14-13-10(16-11)8-1-2-9-6-15-4-3-7(9)5-8/h1-2,5H,3-4,6H2,(H2,12,14). The number of hydrogen-bond acceptors (Lipinski definition) is 5.